The third-order valence-electron chi connectivity index (χ3n) is 2.89. The predicted molar refractivity (Wildman–Crippen MR) is 77.4 cm³/mol. The van der Waals surface area contributed by atoms with Crippen molar-refractivity contribution >= 4 is 29.1 Å². The Morgan fingerprint density at radius 2 is 1.57 bits per heavy atom. The molecule has 2 rings (SSSR count). The van der Waals surface area contributed by atoms with Gasteiger partial charge in [0.25, 0.3) is 0 Å². The molecular formula is C15H12ClF2NO2. The average Bonchev–Trinajstić information content (AvgIpc) is 2.34. The van der Waals surface area contributed by atoms with Gasteiger partial charge in [0.05, 0.1) is 16.4 Å². The van der Waals surface area contributed by atoms with Gasteiger partial charge in [-0.3, -0.25) is 0 Å². The zero-order valence-corrected chi connectivity index (χ0v) is 12.1. The van der Waals surface area contributed by atoms with Crippen molar-refractivity contribution in [2.75, 3.05) is 4.90 Å². The molecule has 1 amide bonds. The maximum atomic E-state index is 13.4. The molecular weight excluding hydrogens is 300 g/mol. The molecule has 0 unspecified atom stereocenters. The van der Waals surface area contributed by atoms with E-state index >= 15 is 0 Å². The molecule has 0 fully saturated rings. The van der Waals surface area contributed by atoms with E-state index in [0.717, 1.165) is 28.2 Å². The number of amides is 1. The van der Waals surface area contributed by atoms with Crippen LogP contribution in [-0.2, 0) is 0 Å². The third-order valence-corrected chi connectivity index (χ3v) is 3.19. The molecule has 0 saturated heterocycles. The van der Waals surface area contributed by atoms with Crippen LogP contribution in [0.5, 0.6) is 0 Å². The second-order valence-corrected chi connectivity index (χ2v) is 5.09. The number of carboxylic acid groups (broad SMARTS) is 1. The van der Waals surface area contributed by atoms with Gasteiger partial charge in [0.1, 0.15) is 0 Å². The number of benzene rings is 2. The first-order chi connectivity index (χ1) is 9.79. The van der Waals surface area contributed by atoms with Crippen LogP contribution in [0.1, 0.15) is 11.1 Å². The molecule has 0 heterocycles. The molecule has 21 heavy (non-hydrogen) atoms. The van der Waals surface area contributed by atoms with Gasteiger partial charge in [-0.15, -0.1) is 0 Å². The quantitative estimate of drug-likeness (QED) is 0.788. The third kappa shape index (κ3) is 3.13. The molecule has 0 aliphatic heterocycles. The van der Waals surface area contributed by atoms with Crippen molar-refractivity contribution in [1.29, 1.82) is 0 Å². The molecule has 6 heteroatoms. The fourth-order valence-corrected chi connectivity index (χ4v) is 2.35. The molecule has 3 nitrogen and oxygen atoms in total. The minimum Gasteiger partial charge on any atom is -0.464 e. The summed E-state index contributed by atoms with van der Waals surface area (Å²) in [4.78, 5) is 12.3. The first kappa shape index (κ1) is 15.3. The first-order valence-electron chi connectivity index (χ1n) is 6.05. The molecule has 2 aromatic carbocycles. The van der Waals surface area contributed by atoms with Crippen molar-refractivity contribution in [3.8, 4) is 0 Å². The summed E-state index contributed by atoms with van der Waals surface area (Å²) in [6.07, 6.45) is -1.34. The lowest BCUT2D eigenvalue weighted by atomic mass is 10.1. The van der Waals surface area contributed by atoms with Crippen LogP contribution in [0.25, 0.3) is 0 Å². The summed E-state index contributed by atoms with van der Waals surface area (Å²) in [5, 5.41) is 9.21. The number of halogens is 3. The SMILES string of the molecule is Cc1cc(C)cc(N(C(=O)O)c2cc(F)c(F)cc2Cl)c1. The van der Waals surface area contributed by atoms with Crippen LogP contribution in [0.3, 0.4) is 0 Å². The summed E-state index contributed by atoms with van der Waals surface area (Å²) >= 11 is 5.86. The fraction of sp³-hybridized carbons (Fsp3) is 0.133. The second kappa shape index (κ2) is 5.69. The number of aryl methyl sites for hydroxylation is 2. The zero-order valence-electron chi connectivity index (χ0n) is 11.3. The standard InChI is InChI=1S/C15H12ClF2NO2/c1-8-3-9(2)5-10(4-8)19(15(20)21)14-7-13(18)12(17)6-11(14)16/h3-7H,1-2H3,(H,20,21). The van der Waals surface area contributed by atoms with Gasteiger partial charge in [0.2, 0.25) is 0 Å². The van der Waals surface area contributed by atoms with E-state index in [1.54, 1.807) is 12.1 Å². The van der Waals surface area contributed by atoms with Crippen LogP contribution in [0.4, 0.5) is 25.0 Å². The van der Waals surface area contributed by atoms with Gasteiger partial charge < -0.3 is 5.11 Å². The van der Waals surface area contributed by atoms with E-state index in [-0.39, 0.29) is 10.7 Å². The van der Waals surface area contributed by atoms with E-state index in [1.807, 2.05) is 19.9 Å². The van der Waals surface area contributed by atoms with Crippen LogP contribution in [0.15, 0.2) is 30.3 Å². The lowest BCUT2D eigenvalue weighted by Crippen LogP contribution is -2.24. The number of anilines is 2. The molecule has 1 N–H and O–H groups in total. The summed E-state index contributed by atoms with van der Waals surface area (Å²) in [6.45, 7) is 3.62. The number of nitrogens with zero attached hydrogens (tertiary/aromatic N) is 1. The number of hydrogen-bond donors (Lipinski definition) is 1. The summed E-state index contributed by atoms with van der Waals surface area (Å²) in [5.41, 5.74) is 1.87. The minimum atomic E-state index is -1.34. The Kier molecular flexibility index (Phi) is 4.14. The minimum absolute atomic E-state index is 0.131. The van der Waals surface area contributed by atoms with Crippen molar-refractivity contribution in [3.05, 3.63) is 58.1 Å². The molecule has 0 saturated carbocycles. The summed E-state index contributed by atoms with van der Waals surface area (Å²) in [6, 6.07) is 6.64. The van der Waals surface area contributed by atoms with Crippen molar-refractivity contribution in [2.24, 2.45) is 0 Å². The van der Waals surface area contributed by atoms with Crippen LogP contribution in [0.2, 0.25) is 5.02 Å². The van der Waals surface area contributed by atoms with Crippen LogP contribution in [-0.4, -0.2) is 11.2 Å². The van der Waals surface area contributed by atoms with E-state index in [0.29, 0.717) is 5.69 Å². The Hall–Kier alpha value is -2.14. The molecule has 0 aliphatic rings. The maximum absolute atomic E-state index is 13.4. The number of rotatable bonds is 2. The predicted octanol–water partition coefficient (Wildman–Crippen LogP) is 5.05. The summed E-state index contributed by atoms with van der Waals surface area (Å²) < 4.78 is 26.5. The molecule has 0 bridgehead atoms. The highest BCUT2D eigenvalue weighted by atomic mass is 35.5. The summed E-state index contributed by atoms with van der Waals surface area (Å²) in [7, 11) is 0. The Balaban J connectivity index is 2.64. The van der Waals surface area contributed by atoms with Gasteiger partial charge in [-0.2, -0.15) is 0 Å². The van der Waals surface area contributed by atoms with Crippen molar-refractivity contribution in [1.82, 2.24) is 0 Å². The lowest BCUT2D eigenvalue weighted by molar-refractivity contribution is 0.205. The Morgan fingerprint density at radius 1 is 1.05 bits per heavy atom. The highest BCUT2D eigenvalue weighted by Crippen LogP contribution is 2.34. The van der Waals surface area contributed by atoms with Gasteiger partial charge in [0.15, 0.2) is 11.6 Å². The highest BCUT2D eigenvalue weighted by molar-refractivity contribution is 6.34. The second-order valence-electron chi connectivity index (χ2n) is 4.68. The Labute approximate surface area is 125 Å². The van der Waals surface area contributed by atoms with Gasteiger partial charge in [-0.1, -0.05) is 17.7 Å². The van der Waals surface area contributed by atoms with Gasteiger partial charge in [-0.05, 0) is 43.2 Å². The average molecular weight is 312 g/mol. The van der Waals surface area contributed by atoms with E-state index in [4.69, 9.17) is 11.6 Å². The largest absolute Gasteiger partial charge is 0.464 e. The highest BCUT2D eigenvalue weighted by Gasteiger charge is 2.22. The van der Waals surface area contributed by atoms with Gasteiger partial charge in [0, 0.05) is 6.07 Å². The van der Waals surface area contributed by atoms with Crippen molar-refractivity contribution < 1.29 is 18.7 Å². The fourth-order valence-electron chi connectivity index (χ4n) is 2.12. The van der Waals surface area contributed by atoms with E-state index < -0.39 is 17.7 Å². The molecule has 110 valence electrons. The molecule has 0 atom stereocenters. The molecule has 2 aromatic rings. The topological polar surface area (TPSA) is 40.5 Å². The molecule has 0 radical (unpaired) electrons. The van der Waals surface area contributed by atoms with Crippen LogP contribution >= 0.6 is 11.6 Å². The van der Waals surface area contributed by atoms with Crippen LogP contribution in [0, 0.1) is 25.5 Å². The normalized spacial score (nSPS) is 10.5. The van der Waals surface area contributed by atoms with E-state index in [2.05, 4.69) is 0 Å². The number of carbonyl (C=O) groups is 1. The van der Waals surface area contributed by atoms with Crippen molar-refractivity contribution in [2.45, 2.75) is 13.8 Å². The molecule has 0 aromatic heterocycles. The van der Waals surface area contributed by atoms with Crippen LogP contribution < -0.4 is 4.90 Å². The monoisotopic (exact) mass is 311 g/mol. The van der Waals surface area contributed by atoms with E-state index in [9.17, 15) is 18.7 Å². The smallest absolute Gasteiger partial charge is 0.416 e. The van der Waals surface area contributed by atoms with Crippen molar-refractivity contribution in [3.63, 3.8) is 0 Å². The Morgan fingerprint density at radius 3 is 2.10 bits per heavy atom. The Bertz CT molecular complexity index is 699. The molecule has 0 aliphatic carbocycles. The summed E-state index contributed by atoms with van der Waals surface area (Å²) in [5.74, 6) is -2.29. The first-order valence-corrected chi connectivity index (χ1v) is 6.43. The molecule has 0 spiro atoms. The number of hydrogen-bond acceptors (Lipinski definition) is 1. The maximum Gasteiger partial charge on any atom is 0.416 e. The van der Waals surface area contributed by atoms with E-state index in [1.165, 1.54) is 0 Å². The zero-order chi connectivity index (χ0) is 15.7. The van der Waals surface area contributed by atoms with Gasteiger partial charge >= 0.3 is 6.09 Å². The lowest BCUT2D eigenvalue weighted by Gasteiger charge is -2.21. The van der Waals surface area contributed by atoms with Gasteiger partial charge in [-0.25, -0.2) is 18.5 Å².